The first-order chi connectivity index (χ1) is 6.60. The van der Waals surface area contributed by atoms with E-state index >= 15 is 0 Å². The lowest BCUT2D eigenvalue weighted by Gasteiger charge is -2.07. The zero-order valence-electron chi connectivity index (χ0n) is 7.71. The van der Waals surface area contributed by atoms with Crippen LogP contribution < -0.4 is 4.74 Å². The molecule has 0 amide bonds. The fourth-order valence-corrected chi connectivity index (χ4v) is 1.08. The van der Waals surface area contributed by atoms with Crippen LogP contribution in [0, 0.1) is 18.3 Å². The molecule has 0 N–H and O–H groups in total. The third kappa shape index (κ3) is 1.79. The lowest BCUT2D eigenvalue weighted by Crippen LogP contribution is -1.99. The van der Waals surface area contributed by atoms with Crippen LogP contribution in [0.1, 0.15) is 23.2 Å². The first-order valence-electron chi connectivity index (χ1n) is 3.84. The topological polar surface area (TPSA) is 45.9 Å². The number of aromatic nitrogens is 1. The van der Waals surface area contributed by atoms with E-state index in [1.807, 2.05) is 0 Å². The van der Waals surface area contributed by atoms with Crippen molar-refractivity contribution in [2.24, 2.45) is 0 Å². The molecular weight excluding hydrogens is 190 g/mol. The minimum Gasteiger partial charge on any atom is -0.481 e. The maximum Gasteiger partial charge on any atom is 0.266 e. The molecule has 5 heteroatoms. The van der Waals surface area contributed by atoms with Crippen LogP contribution in [0.2, 0.25) is 0 Å². The van der Waals surface area contributed by atoms with Crippen LogP contribution in [0.4, 0.5) is 8.78 Å². The van der Waals surface area contributed by atoms with E-state index in [0.717, 1.165) is 0 Å². The molecule has 0 aromatic carbocycles. The third-order valence-corrected chi connectivity index (χ3v) is 1.73. The van der Waals surface area contributed by atoms with Crippen molar-refractivity contribution >= 4 is 0 Å². The van der Waals surface area contributed by atoms with E-state index in [2.05, 4.69) is 4.98 Å². The third-order valence-electron chi connectivity index (χ3n) is 1.73. The Hall–Kier alpha value is -1.70. The summed E-state index contributed by atoms with van der Waals surface area (Å²) in [6.07, 6.45) is -2.69. The summed E-state index contributed by atoms with van der Waals surface area (Å²) in [4.78, 5) is 3.67. The summed E-state index contributed by atoms with van der Waals surface area (Å²) in [7, 11) is 1.37. The summed E-state index contributed by atoms with van der Waals surface area (Å²) in [6.45, 7) is 1.60. The molecule has 1 aromatic heterocycles. The van der Waals surface area contributed by atoms with E-state index in [1.54, 1.807) is 13.0 Å². The molecule has 1 heterocycles. The van der Waals surface area contributed by atoms with Gasteiger partial charge >= 0.3 is 0 Å². The van der Waals surface area contributed by atoms with Gasteiger partial charge in [-0.2, -0.15) is 5.26 Å². The quantitative estimate of drug-likeness (QED) is 0.731. The number of hydrogen-bond acceptors (Lipinski definition) is 3. The second-order valence-corrected chi connectivity index (χ2v) is 2.66. The van der Waals surface area contributed by atoms with Crippen molar-refractivity contribution in [3.63, 3.8) is 0 Å². The van der Waals surface area contributed by atoms with Gasteiger partial charge in [0.1, 0.15) is 6.07 Å². The number of pyridine rings is 1. The van der Waals surface area contributed by atoms with Gasteiger partial charge in [-0.05, 0) is 13.0 Å². The molecule has 0 atom stereocenters. The Bertz CT molecular complexity index is 385. The van der Waals surface area contributed by atoms with Crippen LogP contribution in [0.3, 0.4) is 0 Å². The van der Waals surface area contributed by atoms with Gasteiger partial charge < -0.3 is 4.74 Å². The molecule has 0 fully saturated rings. The van der Waals surface area contributed by atoms with Crippen molar-refractivity contribution in [1.82, 2.24) is 4.98 Å². The van der Waals surface area contributed by atoms with Crippen LogP contribution in [0.25, 0.3) is 0 Å². The molecule has 0 saturated carbocycles. The van der Waals surface area contributed by atoms with Crippen LogP contribution in [0.5, 0.6) is 5.88 Å². The monoisotopic (exact) mass is 198 g/mol. The summed E-state index contributed by atoms with van der Waals surface area (Å²) >= 11 is 0. The molecule has 14 heavy (non-hydrogen) atoms. The number of methoxy groups -OCH3 is 1. The van der Waals surface area contributed by atoms with Gasteiger partial charge in [0.25, 0.3) is 6.43 Å². The lowest BCUT2D eigenvalue weighted by atomic mass is 10.1. The standard InChI is InChI=1S/C9H8F2N2O/c1-5-3-6(8(10)11)7(4-12)13-9(5)14-2/h3,8H,1-2H3. The van der Waals surface area contributed by atoms with Crippen LogP contribution in [-0.2, 0) is 0 Å². The van der Waals surface area contributed by atoms with Gasteiger partial charge in [-0.25, -0.2) is 13.8 Å². The van der Waals surface area contributed by atoms with E-state index in [4.69, 9.17) is 10.00 Å². The molecule has 0 bridgehead atoms. The second kappa shape index (κ2) is 4.01. The molecular formula is C9H8F2N2O. The normalized spacial score (nSPS) is 10.0. The maximum absolute atomic E-state index is 12.4. The average molecular weight is 198 g/mol. The van der Waals surface area contributed by atoms with Gasteiger partial charge in [0.15, 0.2) is 5.69 Å². The molecule has 0 radical (unpaired) electrons. The predicted molar refractivity (Wildman–Crippen MR) is 45.2 cm³/mol. The van der Waals surface area contributed by atoms with E-state index in [-0.39, 0.29) is 17.1 Å². The zero-order valence-corrected chi connectivity index (χ0v) is 7.71. The predicted octanol–water partition coefficient (Wildman–Crippen LogP) is 2.21. The number of nitriles is 1. The first-order valence-corrected chi connectivity index (χ1v) is 3.84. The molecule has 0 spiro atoms. The number of aryl methyl sites for hydroxylation is 1. The number of alkyl halides is 2. The number of halogens is 2. The first kappa shape index (κ1) is 10.4. The van der Waals surface area contributed by atoms with Gasteiger partial charge in [0.05, 0.1) is 12.7 Å². The van der Waals surface area contributed by atoms with Crippen molar-refractivity contribution in [2.45, 2.75) is 13.3 Å². The molecule has 0 aliphatic rings. The highest BCUT2D eigenvalue weighted by molar-refractivity contribution is 5.39. The Morgan fingerprint density at radius 2 is 2.21 bits per heavy atom. The van der Waals surface area contributed by atoms with Gasteiger partial charge in [0, 0.05) is 5.56 Å². The number of ether oxygens (including phenoxy) is 1. The summed E-state index contributed by atoms with van der Waals surface area (Å²) in [5, 5.41) is 8.58. The fourth-order valence-electron chi connectivity index (χ4n) is 1.08. The largest absolute Gasteiger partial charge is 0.481 e. The molecule has 74 valence electrons. The van der Waals surface area contributed by atoms with E-state index in [0.29, 0.717) is 5.56 Å². The molecule has 0 saturated heterocycles. The van der Waals surface area contributed by atoms with Crippen LogP contribution in [0.15, 0.2) is 6.07 Å². The zero-order chi connectivity index (χ0) is 10.7. The fraction of sp³-hybridized carbons (Fsp3) is 0.333. The summed E-state index contributed by atoms with van der Waals surface area (Å²) < 4.78 is 29.6. The molecule has 1 aromatic rings. The Morgan fingerprint density at radius 3 is 2.64 bits per heavy atom. The van der Waals surface area contributed by atoms with Gasteiger partial charge in [0.2, 0.25) is 5.88 Å². The molecule has 0 aliphatic heterocycles. The number of nitrogens with zero attached hydrogens (tertiary/aromatic N) is 2. The Balaban J connectivity index is 3.33. The summed E-state index contributed by atoms with van der Waals surface area (Å²) in [5.41, 5.74) is -0.157. The van der Waals surface area contributed by atoms with Gasteiger partial charge in [-0.15, -0.1) is 0 Å². The van der Waals surface area contributed by atoms with Crippen molar-refractivity contribution in [3.8, 4) is 11.9 Å². The Morgan fingerprint density at radius 1 is 1.57 bits per heavy atom. The molecule has 0 aliphatic carbocycles. The number of hydrogen-bond donors (Lipinski definition) is 0. The summed E-state index contributed by atoms with van der Waals surface area (Å²) in [6, 6.07) is 2.83. The highest BCUT2D eigenvalue weighted by Crippen LogP contribution is 2.26. The van der Waals surface area contributed by atoms with Crippen molar-refractivity contribution in [1.29, 1.82) is 5.26 Å². The SMILES string of the molecule is COc1nc(C#N)c(C(F)F)cc1C. The Labute approximate surface area is 79.9 Å². The van der Waals surface area contributed by atoms with Gasteiger partial charge in [-0.1, -0.05) is 0 Å². The van der Waals surface area contributed by atoms with Crippen LogP contribution >= 0.6 is 0 Å². The van der Waals surface area contributed by atoms with E-state index in [1.165, 1.54) is 13.2 Å². The van der Waals surface area contributed by atoms with E-state index in [9.17, 15) is 8.78 Å². The van der Waals surface area contributed by atoms with E-state index < -0.39 is 6.43 Å². The molecule has 1 rings (SSSR count). The highest BCUT2D eigenvalue weighted by atomic mass is 19.3. The van der Waals surface area contributed by atoms with Crippen molar-refractivity contribution in [3.05, 3.63) is 22.9 Å². The minimum absolute atomic E-state index is 0.200. The summed E-state index contributed by atoms with van der Waals surface area (Å²) in [5.74, 6) is 0.200. The number of rotatable bonds is 2. The Kier molecular flexibility index (Phi) is 2.97. The molecule has 0 unspecified atom stereocenters. The van der Waals surface area contributed by atoms with Gasteiger partial charge in [-0.3, -0.25) is 0 Å². The smallest absolute Gasteiger partial charge is 0.266 e. The average Bonchev–Trinajstić information content (AvgIpc) is 2.17. The maximum atomic E-state index is 12.4. The van der Waals surface area contributed by atoms with Crippen LogP contribution in [-0.4, -0.2) is 12.1 Å². The highest BCUT2D eigenvalue weighted by Gasteiger charge is 2.16. The van der Waals surface area contributed by atoms with Crippen molar-refractivity contribution < 1.29 is 13.5 Å². The second-order valence-electron chi connectivity index (χ2n) is 2.66. The lowest BCUT2D eigenvalue weighted by molar-refractivity contribution is 0.150. The minimum atomic E-state index is -2.69. The molecule has 3 nitrogen and oxygen atoms in total. The van der Waals surface area contributed by atoms with Crippen molar-refractivity contribution in [2.75, 3.05) is 7.11 Å².